The summed E-state index contributed by atoms with van der Waals surface area (Å²) < 4.78 is 27.0. The number of likely N-dealkylation sites (tertiary alicyclic amines) is 1. The third kappa shape index (κ3) is 3.34. The van der Waals surface area contributed by atoms with Crippen molar-refractivity contribution in [2.75, 3.05) is 19.6 Å². The predicted octanol–water partition coefficient (Wildman–Crippen LogP) is 2.50. The van der Waals surface area contributed by atoms with Crippen LogP contribution in [0.25, 0.3) is 0 Å². The zero-order valence-corrected chi connectivity index (χ0v) is 13.2. The maximum absolute atomic E-state index is 14.0. The highest BCUT2D eigenvalue weighted by atomic mass is 19.1. The Labute approximate surface area is 138 Å². The van der Waals surface area contributed by atoms with E-state index in [1.165, 1.54) is 17.0 Å². The molecule has 0 aromatic heterocycles. The Morgan fingerprint density at radius 2 is 2.08 bits per heavy atom. The molecule has 1 aromatic rings. The molecule has 2 aliphatic rings. The number of amides is 2. The Morgan fingerprint density at radius 1 is 1.33 bits per heavy atom. The number of halogens is 2. The zero-order chi connectivity index (χ0) is 17.3. The van der Waals surface area contributed by atoms with Gasteiger partial charge < -0.3 is 15.3 Å². The molecule has 1 aliphatic heterocycles. The minimum atomic E-state index is -0.889. The summed E-state index contributed by atoms with van der Waals surface area (Å²) in [4.78, 5) is 24.8. The SMILES string of the molecule is O=C(O)C1CCCN(C(=O)NCC2(c3ccc(F)cc3F)CC2)C1. The average Bonchev–Trinajstić information content (AvgIpc) is 3.33. The van der Waals surface area contributed by atoms with E-state index < -0.39 is 28.9 Å². The molecular formula is C17H20F2N2O3. The van der Waals surface area contributed by atoms with Gasteiger partial charge in [0.2, 0.25) is 0 Å². The minimum Gasteiger partial charge on any atom is -0.481 e. The molecule has 1 saturated carbocycles. The van der Waals surface area contributed by atoms with E-state index in [4.69, 9.17) is 5.11 Å². The summed E-state index contributed by atoms with van der Waals surface area (Å²) in [6.45, 7) is 0.981. The van der Waals surface area contributed by atoms with E-state index in [-0.39, 0.29) is 19.1 Å². The molecule has 0 spiro atoms. The van der Waals surface area contributed by atoms with Crippen LogP contribution >= 0.6 is 0 Å². The Morgan fingerprint density at radius 3 is 2.71 bits per heavy atom. The number of benzene rings is 1. The van der Waals surface area contributed by atoms with Crippen molar-refractivity contribution < 1.29 is 23.5 Å². The zero-order valence-electron chi connectivity index (χ0n) is 13.2. The summed E-state index contributed by atoms with van der Waals surface area (Å²) in [5.74, 6) is -2.64. The first kappa shape index (κ1) is 16.7. The molecule has 1 unspecified atom stereocenters. The lowest BCUT2D eigenvalue weighted by Gasteiger charge is -2.31. The third-order valence-corrected chi connectivity index (χ3v) is 4.99. The first-order chi connectivity index (χ1) is 11.4. The van der Waals surface area contributed by atoms with Gasteiger partial charge in [-0.25, -0.2) is 13.6 Å². The summed E-state index contributed by atoms with van der Waals surface area (Å²) >= 11 is 0. The van der Waals surface area contributed by atoms with Gasteiger partial charge >= 0.3 is 12.0 Å². The number of hydrogen-bond acceptors (Lipinski definition) is 2. The van der Waals surface area contributed by atoms with Gasteiger partial charge in [-0.15, -0.1) is 0 Å². The Hall–Kier alpha value is -2.18. The van der Waals surface area contributed by atoms with E-state index >= 15 is 0 Å². The van der Waals surface area contributed by atoms with Crippen molar-refractivity contribution >= 4 is 12.0 Å². The van der Waals surface area contributed by atoms with Crippen LogP contribution in [-0.4, -0.2) is 41.6 Å². The van der Waals surface area contributed by atoms with Crippen molar-refractivity contribution in [1.82, 2.24) is 10.2 Å². The minimum absolute atomic E-state index is 0.194. The van der Waals surface area contributed by atoms with Gasteiger partial charge in [-0.3, -0.25) is 4.79 Å². The van der Waals surface area contributed by atoms with Gasteiger partial charge in [0.05, 0.1) is 5.92 Å². The van der Waals surface area contributed by atoms with Gasteiger partial charge in [0, 0.05) is 31.1 Å². The number of carboxylic acid groups (broad SMARTS) is 1. The number of rotatable bonds is 4. The monoisotopic (exact) mass is 338 g/mol. The number of carbonyl (C=O) groups excluding carboxylic acids is 1. The summed E-state index contributed by atoms with van der Waals surface area (Å²) in [6, 6.07) is 3.20. The molecule has 2 amide bonds. The van der Waals surface area contributed by atoms with Crippen LogP contribution in [0, 0.1) is 17.6 Å². The molecule has 0 bridgehead atoms. The first-order valence-corrected chi connectivity index (χ1v) is 8.12. The Balaban J connectivity index is 1.61. The van der Waals surface area contributed by atoms with Crippen molar-refractivity contribution in [3.05, 3.63) is 35.4 Å². The molecule has 24 heavy (non-hydrogen) atoms. The highest BCUT2D eigenvalue weighted by Crippen LogP contribution is 2.48. The second-order valence-electron chi connectivity index (χ2n) is 6.69. The molecule has 5 nitrogen and oxygen atoms in total. The molecule has 130 valence electrons. The van der Waals surface area contributed by atoms with E-state index in [0.29, 0.717) is 24.9 Å². The smallest absolute Gasteiger partial charge is 0.317 e. The van der Waals surface area contributed by atoms with Crippen LogP contribution in [0.5, 0.6) is 0 Å². The highest BCUT2D eigenvalue weighted by molar-refractivity contribution is 5.76. The molecule has 2 fully saturated rings. The van der Waals surface area contributed by atoms with Crippen LogP contribution in [0.15, 0.2) is 18.2 Å². The van der Waals surface area contributed by atoms with Gasteiger partial charge in [0.1, 0.15) is 11.6 Å². The molecule has 1 saturated heterocycles. The fraction of sp³-hybridized carbons (Fsp3) is 0.529. The quantitative estimate of drug-likeness (QED) is 0.886. The van der Waals surface area contributed by atoms with E-state index in [9.17, 15) is 18.4 Å². The molecule has 2 N–H and O–H groups in total. The Bertz CT molecular complexity index is 661. The molecular weight excluding hydrogens is 318 g/mol. The molecule has 1 heterocycles. The molecule has 7 heteroatoms. The molecule has 1 aliphatic carbocycles. The van der Waals surface area contributed by atoms with Crippen LogP contribution in [0.1, 0.15) is 31.2 Å². The van der Waals surface area contributed by atoms with E-state index in [1.54, 1.807) is 0 Å². The number of aliphatic carboxylic acids is 1. The topological polar surface area (TPSA) is 69.6 Å². The van der Waals surface area contributed by atoms with E-state index in [2.05, 4.69) is 5.32 Å². The average molecular weight is 338 g/mol. The summed E-state index contributed by atoms with van der Waals surface area (Å²) in [6.07, 6.45) is 2.69. The lowest BCUT2D eigenvalue weighted by molar-refractivity contribution is -0.143. The lowest BCUT2D eigenvalue weighted by atomic mass is 9.95. The predicted molar refractivity (Wildman–Crippen MR) is 82.6 cm³/mol. The van der Waals surface area contributed by atoms with Crippen molar-refractivity contribution in [1.29, 1.82) is 0 Å². The van der Waals surface area contributed by atoms with Crippen LogP contribution in [0.4, 0.5) is 13.6 Å². The van der Waals surface area contributed by atoms with Gasteiger partial charge in [0.15, 0.2) is 0 Å². The molecule has 0 radical (unpaired) electrons. The van der Waals surface area contributed by atoms with E-state index in [1.807, 2.05) is 0 Å². The van der Waals surface area contributed by atoms with Gasteiger partial charge in [-0.1, -0.05) is 6.07 Å². The van der Waals surface area contributed by atoms with Crippen molar-refractivity contribution in [3.8, 4) is 0 Å². The van der Waals surface area contributed by atoms with Crippen molar-refractivity contribution in [2.24, 2.45) is 5.92 Å². The van der Waals surface area contributed by atoms with Crippen molar-refractivity contribution in [2.45, 2.75) is 31.1 Å². The van der Waals surface area contributed by atoms with Crippen LogP contribution < -0.4 is 5.32 Å². The molecule has 1 atom stereocenters. The molecule has 3 rings (SSSR count). The maximum atomic E-state index is 14.0. The van der Waals surface area contributed by atoms with Crippen molar-refractivity contribution in [3.63, 3.8) is 0 Å². The number of carbonyl (C=O) groups is 2. The largest absolute Gasteiger partial charge is 0.481 e. The van der Waals surface area contributed by atoms with Crippen LogP contribution in [0.3, 0.4) is 0 Å². The fourth-order valence-electron chi connectivity index (χ4n) is 3.33. The second kappa shape index (κ2) is 6.37. The summed E-state index contributed by atoms with van der Waals surface area (Å²) in [5.41, 5.74) is -0.0543. The van der Waals surface area contributed by atoms with E-state index in [0.717, 1.165) is 18.9 Å². The van der Waals surface area contributed by atoms with Crippen LogP contribution in [-0.2, 0) is 10.2 Å². The van der Waals surface area contributed by atoms with Crippen LogP contribution in [0.2, 0.25) is 0 Å². The standard InChI is InChI=1S/C17H20F2N2O3/c18-12-3-4-13(14(19)8-12)17(5-6-17)10-20-16(24)21-7-1-2-11(9-21)15(22)23/h3-4,8,11H,1-2,5-7,9-10H2,(H,20,24)(H,22,23). The first-order valence-electron chi connectivity index (χ1n) is 8.12. The normalized spacial score (nSPS) is 22.1. The number of nitrogens with one attached hydrogen (secondary N) is 1. The fourth-order valence-corrected chi connectivity index (χ4v) is 3.33. The maximum Gasteiger partial charge on any atom is 0.317 e. The number of nitrogens with zero attached hydrogens (tertiary/aromatic N) is 1. The number of piperidine rings is 1. The van der Waals surface area contributed by atoms with Gasteiger partial charge in [-0.2, -0.15) is 0 Å². The Kier molecular flexibility index (Phi) is 4.43. The third-order valence-electron chi connectivity index (χ3n) is 4.99. The lowest BCUT2D eigenvalue weighted by Crippen LogP contribution is -2.48. The van der Waals surface area contributed by atoms with Gasteiger partial charge in [-0.05, 0) is 37.3 Å². The van der Waals surface area contributed by atoms with Gasteiger partial charge in [0.25, 0.3) is 0 Å². The number of urea groups is 1. The summed E-state index contributed by atoms with van der Waals surface area (Å²) in [7, 11) is 0. The second-order valence-corrected chi connectivity index (χ2v) is 6.69. The summed E-state index contributed by atoms with van der Waals surface area (Å²) in [5, 5.41) is 11.9. The molecule has 1 aromatic carbocycles. The number of hydrogen-bond donors (Lipinski definition) is 2. The number of carboxylic acids is 1. The highest BCUT2D eigenvalue weighted by Gasteiger charge is 2.46.